The van der Waals surface area contributed by atoms with Crippen molar-refractivity contribution in [2.45, 2.75) is 39.7 Å². The van der Waals surface area contributed by atoms with Crippen LogP contribution in [0.25, 0.3) is 11.3 Å². The largest absolute Gasteiger partial charge is 0.489 e. The second-order valence-corrected chi connectivity index (χ2v) is 8.10. The highest BCUT2D eigenvalue weighted by molar-refractivity contribution is 7.14. The summed E-state index contributed by atoms with van der Waals surface area (Å²) in [6, 6.07) is 7.37. The first-order chi connectivity index (χ1) is 13.9. The molecule has 0 fully saturated rings. The van der Waals surface area contributed by atoms with E-state index in [-0.39, 0.29) is 12.0 Å². The molecule has 0 spiro atoms. The third-order valence-corrected chi connectivity index (χ3v) is 5.09. The van der Waals surface area contributed by atoms with Gasteiger partial charge in [0.15, 0.2) is 5.13 Å². The lowest BCUT2D eigenvalue weighted by atomic mass is 9.98. The van der Waals surface area contributed by atoms with Crippen LogP contribution in [0.3, 0.4) is 0 Å². The number of rotatable bonds is 7. The van der Waals surface area contributed by atoms with Crippen molar-refractivity contribution in [2.75, 3.05) is 12.4 Å². The van der Waals surface area contributed by atoms with Gasteiger partial charge in [-0.3, -0.25) is 9.78 Å². The predicted molar refractivity (Wildman–Crippen MR) is 118 cm³/mol. The maximum absolute atomic E-state index is 12.0. The van der Waals surface area contributed by atoms with Gasteiger partial charge in [-0.1, -0.05) is 13.8 Å². The summed E-state index contributed by atoms with van der Waals surface area (Å²) in [5.74, 6) is 0.899. The number of carbonyl (C=O) groups excluding carboxylic acids is 1. The van der Waals surface area contributed by atoms with Crippen molar-refractivity contribution in [1.29, 1.82) is 0 Å². The molecular formula is C22H26N4O2S. The summed E-state index contributed by atoms with van der Waals surface area (Å²) in [6.45, 7) is 8.25. The zero-order valence-corrected chi connectivity index (χ0v) is 18.1. The quantitative estimate of drug-likeness (QED) is 0.558. The molecule has 0 saturated carbocycles. The standard InChI is InChI=1S/C22H26N4O2S/c1-13(2)16-8-9-24-11-17(16)19-12-29-22(26-19)25-18-10-15(21(27)23-5)6-7-20(18)28-14(3)4/h6-14H,1-5H3,(H,23,27)(H,25,26). The van der Waals surface area contributed by atoms with Gasteiger partial charge >= 0.3 is 0 Å². The highest BCUT2D eigenvalue weighted by Gasteiger charge is 2.15. The van der Waals surface area contributed by atoms with Crippen molar-refractivity contribution >= 4 is 28.1 Å². The molecule has 0 aliphatic rings. The van der Waals surface area contributed by atoms with Gasteiger partial charge in [0.05, 0.1) is 17.5 Å². The van der Waals surface area contributed by atoms with Crippen molar-refractivity contribution in [1.82, 2.24) is 15.3 Å². The normalized spacial score (nSPS) is 11.0. The molecule has 0 atom stereocenters. The lowest BCUT2D eigenvalue weighted by molar-refractivity contribution is 0.0963. The molecule has 6 nitrogen and oxygen atoms in total. The number of hydrogen-bond acceptors (Lipinski definition) is 6. The van der Waals surface area contributed by atoms with Gasteiger partial charge in [-0.15, -0.1) is 11.3 Å². The minimum atomic E-state index is -0.152. The van der Waals surface area contributed by atoms with Gasteiger partial charge in [0.1, 0.15) is 5.75 Å². The van der Waals surface area contributed by atoms with Crippen LogP contribution in [0.1, 0.15) is 49.5 Å². The van der Waals surface area contributed by atoms with E-state index in [2.05, 4.69) is 29.5 Å². The van der Waals surface area contributed by atoms with Crippen LogP contribution in [0.5, 0.6) is 5.75 Å². The molecule has 0 radical (unpaired) electrons. The first-order valence-corrected chi connectivity index (χ1v) is 10.5. The molecule has 3 rings (SSSR count). The Hall–Kier alpha value is -2.93. The number of benzene rings is 1. The molecule has 2 heterocycles. The van der Waals surface area contributed by atoms with Crippen LogP contribution >= 0.6 is 11.3 Å². The highest BCUT2D eigenvalue weighted by atomic mass is 32.1. The Morgan fingerprint density at radius 2 is 1.97 bits per heavy atom. The van der Waals surface area contributed by atoms with E-state index in [9.17, 15) is 4.79 Å². The highest BCUT2D eigenvalue weighted by Crippen LogP contribution is 2.34. The van der Waals surface area contributed by atoms with Crippen molar-refractivity contribution in [3.05, 3.63) is 53.2 Å². The monoisotopic (exact) mass is 410 g/mol. The molecule has 152 valence electrons. The first-order valence-electron chi connectivity index (χ1n) is 9.58. The Labute approximate surface area is 175 Å². The zero-order valence-electron chi connectivity index (χ0n) is 17.3. The van der Waals surface area contributed by atoms with E-state index in [1.54, 1.807) is 25.2 Å². The zero-order chi connectivity index (χ0) is 21.0. The number of aromatic nitrogens is 2. The van der Waals surface area contributed by atoms with Gasteiger partial charge in [-0.2, -0.15) is 0 Å². The fourth-order valence-electron chi connectivity index (χ4n) is 2.96. The number of nitrogens with zero attached hydrogens (tertiary/aromatic N) is 2. The average Bonchev–Trinajstić information content (AvgIpc) is 3.16. The van der Waals surface area contributed by atoms with Crippen molar-refractivity contribution in [3.63, 3.8) is 0 Å². The summed E-state index contributed by atoms with van der Waals surface area (Å²) < 4.78 is 5.90. The van der Waals surface area contributed by atoms with Gasteiger partial charge in [0.2, 0.25) is 0 Å². The SMILES string of the molecule is CNC(=O)c1ccc(OC(C)C)c(Nc2nc(-c3cnccc3C(C)C)cs2)c1. The van der Waals surface area contributed by atoms with Gasteiger partial charge < -0.3 is 15.4 Å². The van der Waals surface area contributed by atoms with Gasteiger partial charge in [0, 0.05) is 35.9 Å². The van der Waals surface area contributed by atoms with Crippen LogP contribution in [0.2, 0.25) is 0 Å². The predicted octanol–water partition coefficient (Wildman–Crippen LogP) is 5.22. The second kappa shape index (κ2) is 9.05. The Balaban J connectivity index is 1.93. The average molecular weight is 411 g/mol. The van der Waals surface area contributed by atoms with Gasteiger partial charge in [0.25, 0.3) is 5.91 Å². The summed E-state index contributed by atoms with van der Waals surface area (Å²) >= 11 is 1.50. The van der Waals surface area contributed by atoms with Crippen molar-refractivity contribution in [3.8, 4) is 17.0 Å². The molecule has 7 heteroatoms. The molecule has 1 aromatic carbocycles. The molecule has 2 N–H and O–H groups in total. The van der Waals surface area contributed by atoms with E-state index >= 15 is 0 Å². The van der Waals surface area contributed by atoms with E-state index < -0.39 is 0 Å². The lowest BCUT2D eigenvalue weighted by Crippen LogP contribution is -2.18. The number of amides is 1. The summed E-state index contributed by atoms with van der Waals surface area (Å²) in [5, 5.41) is 8.70. The van der Waals surface area contributed by atoms with Crippen LogP contribution in [-0.4, -0.2) is 29.0 Å². The molecule has 0 aliphatic heterocycles. The third-order valence-electron chi connectivity index (χ3n) is 4.33. The number of ether oxygens (including phenoxy) is 1. The first kappa shape index (κ1) is 20.8. The van der Waals surface area contributed by atoms with E-state index in [1.165, 1.54) is 16.9 Å². The fourth-order valence-corrected chi connectivity index (χ4v) is 3.69. The van der Waals surface area contributed by atoms with E-state index in [0.717, 1.165) is 16.4 Å². The molecule has 0 bridgehead atoms. The molecule has 1 amide bonds. The summed E-state index contributed by atoms with van der Waals surface area (Å²) in [5.41, 5.74) is 4.38. The maximum Gasteiger partial charge on any atom is 0.251 e. The molecule has 0 unspecified atom stereocenters. The number of thiazole rings is 1. The maximum atomic E-state index is 12.0. The smallest absolute Gasteiger partial charge is 0.251 e. The second-order valence-electron chi connectivity index (χ2n) is 7.24. The van der Waals surface area contributed by atoms with E-state index in [1.807, 2.05) is 37.7 Å². The van der Waals surface area contributed by atoms with Crippen LogP contribution in [-0.2, 0) is 0 Å². The van der Waals surface area contributed by atoms with Crippen molar-refractivity contribution in [2.24, 2.45) is 0 Å². The Bertz CT molecular complexity index is 998. The minimum absolute atomic E-state index is 0.0113. The summed E-state index contributed by atoms with van der Waals surface area (Å²) in [7, 11) is 1.61. The number of anilines is 2. The number of carbonyl (C=O) groups is 1. The molecule has 0 saturated heterocycles. The Kier molecular flexibility index (Phi) is 6.49. The summed E-state index contributed by atoms with van der Waals surface area (Å²) in [4.78, 5) is 21.1. The molecule has 2 aromatic heterocycles. The van der Waals surface area contributed by atoms with E-state index in [0.29, 0.717) is 22.9 Å². The molecule has 29 heavy (non-hydrogen) atoms. The minimum Gasteiger partial charge on any atom is -0.489 e. The topological polar surface area (TPSA) is 76.1 Å². The molecule has 0 aliphatic carbocycles. The third kappa shape index (κ3) is 4.92. The van der Waals surface area contributed by atoms with Gasteiger partial charge in [-0.25, -0.2) is 4.98 Å². The van der Waals surface area contributed by atoms with Crippen LogP contribution < -0.4 is 15.4 Å². The molecular weight excluding hydrogens is 384 g/mol. The number of pyridine rings is 1. The lowest BCUT2D eigenvalue weighted by Gasteiger charge is -2.15. The van der Waals surface area contributed by atoms with Crippen LogP contribution in [0.4, 0.5) is 10.8 Å². The van der Waals surface area contributed by atoms with Crippen LogP contribution in [0, 0.1) is 0 Å². The van der Waals surface area contributed by atoms with Crippen LogP contribution in [0.15, 0.2) is 42.0 Å². The Morgan fingerprint density at radius 3 is 2.66 bits per heavy atom. The molecule has 3 aromatic rings. The van der Waals surface area contributed by atoms with Gasteiger partial charge in [-0.05, 0) is 49.6 Å². The fraction of sp³-hybridized carbons (Fsp3) is 0.318. The number of nitrogens with one attached hydrogen (secondary N) is 2. The Morgan fingerprint density at radius 1 is 1.17 bits per heavy atom. The summed E-state index contributed by atoms with van der Waals surface area (Å²) in [6.07, 6.45) is 3.68. The van der Waals surface area contributed by atoms with E-state index in [4.69, 9.17) is 9.72 Å². The number of hydrogen-bond donors (Lipinski definition) is 2. The van der Waals surface area contributed by atoms with Crippen molar-refractivity contribution < 1.29 is 9.53 Å².